The van der Waals surface area contributed by atoms with Crippen LogP contribution in [-0.2, 0) is 6.42 Å². The molecule has 0 spiro atoms. The van der Waals surface area contributed by atoms with E-state index >= 15 is 0 Å². The average molecular weight is 198 g/mol. The molecule has 76 valence electrons. The highest BCUT2D eigenvalue weighted by molar-refractivity contribution is 5.64. The quantitative estimate of drug-likeness (QED) is 0.805. The van der Waals surface area contributed by atoms with Crippen LogP contribution in [-0.4, -0.2) is 4.98 Å². The van der Waals surface area contributed by atoms with Gasteiger partial charge in [0.05, 0.1) is 17.6 Å². The maximum Gasteiger partial charge on any atom is 0.0735 e. The molecule has 0 aliphatic heterocycles. The van der Waals surface area contributed by atoms with Crippen LogP contribution in [0.4, 0.5) is 5.69 Å². The summed E-state index contributed by atoms with van der Waals surface area (Å²) >= 11 is 0. The largest absolute Gasteiger partial charge is 0.397 e. The van der Waals surface area contributed by atoms with E-state index in [0.717, 1.165) is 23.4 Å². The molecule has 2 heteroatoms. The molecule has 0 saturated heterocycles. The van der Waals surface area contributed by atoms with Crippen molar-refractivity contribution in [2.45, 2.75) is 13.3 Å². The molecule has 0 bridgehead atoms. The summed E-state index contributed by atoms with van der Waals surface area (Å²) in [4.78, 5) is 4.39. The fourth-order valence-corrected chi connectivity index (χ4v) is 1.65. The van der Waals surface area contributed by atoms with Crippen molar-refractivity contribution in [2.75, 3.05) is 5.73 Å². The highest BCUT2D eigenvalue weighted by Crippen LogP contribution is 2.22. The second-order valence-electron chi connectivity index (χ2n) is 3.50. The van der Waals surface area contributed by atoms with Crippen LogP contribution >= 0.6 is 0 Å². The molecule has 0 fully saturated rings. The number of benzene rings is 1. The Bertz CT molecular complexity index is 449. The van der Waals surface area contributed by atoms with Crippen molar-refractivity contribution in [3.05, 3.63) is 48.2 Å². The third-order valence-corrected chi connectivity index (χ3v) is 2.42. The standard InChI is InChI=1S/C13H14N2/c1-2-10-8-12(14)9-15-13(10)11-6-4-3-5-7-11/h3-9H,2,14H2,1H3. The summed E-state index contributed by atoms with van der Waals surface area (Å²) < 4.78 is 0. The zero-order valence-corrected chi connectivity index (χ0v) is 8.77. The van der Waals surface area contributed by atoms with Crippen molar-refractivity contribution >= 4 is 5.69 Å². The van der Waals surface area contributed by atoms with Gasteiger partial charge in [-0.2, -0.15) is 0 Å². The van der Waals surface area contributed by atoms with Gasteiger partial charge in [0.25, 0.3) is 0 Å². The van der Waals surface area contributed by atoms with Crippen molar-refractivity contribution in [1.82, 2.24) is 4.98 Å². The van der Waals surface area contributed by atoms with Gasteiger partial charge in [-0.1, -0.05) is 37.3 Å². The lowest BCUT2D eigenvalue weighted by Gasteiger charge is -2.07. The first-order valence-corrected chi connectivity index (χ1v) is 5.11. The normalized spacial score (nSPS) is 10.2. The summed E-state index contributed by atoms with van der Waals surface area (Å²) in [6.07, 6.45) is 2.66. The molecule has 0 saturated carbocycles. The minimum atomic E-state index is 0.728. The molecule has 1 aromatic heterocycles. The molecule has 15 heavy (non-hydrogen) atoms. The minimum absolute atomic E-state index is 0.728. The first kappa shape index (κ1) is 9.71. The summed E-state index contributed by atoms with van der Waals surface area (Å²) in [6, 6.07) is 12.2. The zero-order valence-electron chi connectivity index (χ0n) is 8.77. The van der Waals surface area contributed by atoms with E-state index < -0.39 is 0 Å². The Balaban J connectivity index is 2.53. The maximum atomic E-state index is 5.72. The van der Waals surface area contributed by atoms with Gasteiger partial charge in [-0.15, -0.1) is 0 Å². The molecule has 1 heterocycles. The number of nitrogens with two attached hydrogens (primary N) is 1. The van der Waals surface area contributed by atoms with Crippen LogP contribution in [0.2, 0.25) is 0 Å². The van der Waals surface area contributed by atoms with E-state index in [1.807, 2.05) is 24.3 Å². The first-order valence-electron chi connectivity index (χ1n) is 5.11. The Morgan fingerprint density at radius 1 is 1.20 bits per heavy atom. The third-order valence-electron chi connectivity index (χ3n) is 2.42. The molecular formula is C13H14N2. The Hall–Kier alpha value is -1.83. The number of anilines is 1. The number of nitrogen functional groups attached to an aromatic ring is 1. The molecule has 0 unspecified atom stereocenters. The molecule has 2 N–H and O–H groups in total. The van der Waals surface area contributed by atoms with Gasteiger partial charge in [0.2, 0.25) is 0 Å². The van der Waals surface area contributed by atoms with Crippen LogP contribution in [0, 0.1) is 0 Å². The van der Waals surface area contributed by atoms with Gasteiger partial charge in [0.15, 0.2) is 0 Å². The van der Waals surface area contributed by atoms with Crippen molar-refractivity contribution in [1.29, 1.82) is 0 Å². The molecule has 1 aromatic carbocycles. The van der Waals surface area contributed by atoms with Crippen LogP contribution in [0.25, 0.3) is 11.3 Å². The van der Waals surface area contributed by atoms with Gasteiger partial charge in [0, 0.05) is 5.56 Å². The highest BCUT2D eigenvalue weighted by atomic mass is 14.7. The van der Waals surface area contributed by atoms with Gasteiger partial charge < -0.3 is 5.73 Å². The summed E-state index contributed by atoms with van der Waals surface area (Å²) in [5, 5.41) is 0. The molecule has 0 atom stereocenters. The summed E-state index contributed by atoms with van der Waals surface area (Å²) in [6.45, 7) is 2.11. The van der Waals surface area contributed by atoms with E-state index in [9.17, 15) is 0 Å². The molecule has 2 aromatic rings. The number of rotatable bonds is 2. The SMILES string of the molecule is CCc1cc(N)cnc1-c1ccccc1. The Labute approximate surface area is 89.8 Å². The van der Waals surface area contributed by atoms with Gasteiger partial charge >= 0.3 is 0 Å². The van der Waals surface area contributed by atoms with Crippen LogP contribution in [0.15, 0.2) is 42.6 Å². The number of aromatic nitrogens is 1. The van der Waals surface area contributed by atoms with Gasteiger partial charge in [-0.3, -0.25) is 4.98 Å². The maximum absolute atomic E-state index is 5.72. The van der Waals surface area contributed by atoms with E-state index in [-0.39, 0.29) is 0 Å². The molecule has 0 amide bonds. The zero-order chi connectivity index (χ0) is 10.7. The molecule has 0 aliphatic rings. The van der Waals surface area contributed by atoms with E-state index in [4.69, 9.17) is 5.73 Å². The average Bonchev–Trinajstić information content (AvgIpc) is 2.30. The lowest BCUT2D eigenvalue weighted by Crippen LogP contribution is -1.95. The second kappa shape index (κ2) is 4.13. The van der Waals surface area contributed by atoms with Crippen molar-refractivity contribution in [3.8, 4) is 11.3 Å². The van der Waals surface area contributed by atoms with Crippen LogP contribution in [0.1, 0.15) is 12.5 Å². The molecule has 0 radical (unpaired) electrons. The third kappa shape index (κ3) is 1.99. The van der Waals surface area contributed by atoms with Crippen molar-refractivity contribution in [3.63, 3.8) is 0 Å². The number of nitrogens with zero attached hydrogens (tertiary/aromatic N) is 1. The van der Waals surface area contributed by atoms with Crippen LogP contribution in [0.5, 0.6) is 0 Å². The molecular weight excluding hydrogens is 184 g/mol. The van der Waals surface area contributed by atoms with E-state index in [1.165, 1.54) is 5.56 Å². The summed E-state index contributed by atoms with van der Waals surface area (Å²) in [5.74, 6) is 0. The predicted octanol–water partition coefficient (Wildman–Crippen LogP) is 2.89. The number of pyridine rings is 1. The number of hydrogen-bond acceptors (Lipinski definition) is 2. The van der Waals surface area contributed by atoms with Gasteiger partial charge in [-0.25, -0.2) is 0 Å². The topological polar surface area (TPSA) is 38.9 Å². The minimum Gasteiger partial charge on any atom is -0.397 e. The Morgan fingerprint density at radius 2 is 1.93 bits per heavy atom. The number of aryl methyl sites for hydroxylation is 1. The van der Waals surface area contributed by atoms with Gasteiger partial charge in [-0.05, 0) is 18.1 Å². The Kier molecular flexibility index (Phi) is 2.68. The first-order chi connectivity index (χ1) is 7.31. The summed E-state index contributed by atoms with van der Waals surface area (Å²) in [5.41, 5.74) is 9.82. The second-order valence-corrected chi connectivity index (χ2v) is 3.50. The van der Waals surface area contributed by atoms with Crippen molar-refractivity contribution < 1.29 is 0 Å². The molecule has 2 nitrogen and oxygen atoms in total. The van der Waals surface area contributed by atoms with Gasteiger partial charge in [0.1, 0.15) is 0 Å². The molecule has 2 rings (SSSR count). The van der Waals surface area contributed by atoms with Crippen LogP contribution in [0.3, 0.4) is 0 Å². The summed E-state index contributed by atoms with van der Waals surface area (Å²) in [7, 11) is 0. The Morgan fingerprint density at radius 3 is 2.60 bits per heavy atom. The molecule has 0 aliphatic carbocycles. The number of hydrogen-bond donors (Lipinski definition) is 1. The van der Waals surface area contributed by atoms with Crippen LogP contribution < -0.4 is 5.73 Å². The van der Waals surface area contributed by atoms with E-state index in [0.29, 0.717) is 0 Å². The lowest BCUT2D eigenvalue weighted by molar-refractivity contribution is 1.11. The van der Waals surface area contributed by atoms with E-state index in [1.54, 1.807) is 6.20 Å². The smallest absolute Gasteiger partial charge is 0.0735 e. The highest BCUT2D eigenvalue weighted by Gasteiger charge is 2.04. The monoisotopic (exact) mass is 198 g/mol. The fraction of sp³-hybridized carbons (Fsp3) is 0.154. The van der Waals surface area contributed by atoms with E-state index in [2.05, 4.69) is 24.0 Å². The predicted molar refractivity (Wildman–Crippen MR) is 63.5 cm³/mol. The van der Waals surface area contributed by atoms with Crippen molar-refractivity contribution in [2.24, 2.45) is 0 Å². The lowest BCUT2D eigenvalue weighted by atomic mass is 10.0. The fourth-order valence-electron chi connectivity index (χ4n) is 1.65.